The second-order valence-electron chi connectivity index (χ2n) is 5.25. The highest BCUT2D eigenvalue weighted by atomic mass is 19.1. The summed E-state index contributed by atoms with van der Waals surface area (Å²) in [4.78, 5) is 1.81. The van der Waals surface area contributed by atoms with E-state index in [0.29, 0.717) is 16.8 Å². The van der Waals surface area contributed by atoms with Crippen molar-refractivity contribution in [1.29, 1.82) is 0 Å². The van der Waals surface area contributed by atoms with Gasteiger partial charge in [0.25, 0.3) is 0 Å². The number of hydrogen-bond donors (Lipinski definition) is 2. The van der Waals surface area contributed by atoms with E-state index in [-0.39, 0.29) is 11.6 Å². The Kier molecular flexibility index (Phi) is 4.60. The van der Waals surface area contributed by atoms with Gasteiger partial charge < -0.3 is 14.9 Å². The largest absolute Gasteiger partial charge is 0.488 e. The minimum absolute atomic E-state index is 0.350. The average Bonchev–Trinajstić information content (AvgIpc) is 2.59. The molecular weight excluding hydrogens is 311 g/mol. The van der Waals surface area contributed by atoms with E-state index in [1.807, 2.05) is 4.90 Å². The van der Waals surface area contributed by atoms with Gasteiger partial charge in [-0.05, 0) is 66.1 Å². The molecule has 0 atom stereocenters. The molecular formula is C18H14BF2NO2. The summed E-state index contributed by atoms with van der Waals surface area (Å²) in [6.45, 7) is 0. The molecule has 3 aromatic carbocycles. The van der Waals surface area contributed by atoms with Crippen LogP contribution in [0.2, 0.25) is 0 Å². The van der Waals surface area contributed by atoms with Crippen LogP contribution in [0, 0.1) is 11.6 Å². The molecule has 120 valence electrons. The maximum atomic E-state index is 13.2. The first kappa shape index (κ1) is 16.2. The zero-order valence-corrected chi connectivity index (χ0v) is 12.6. The Morgan fingerprint density at radius 3 is 1.25 bits per heavy atom. The Hall–Kier alpha value is -2.70. The minimum Gasteiger partial charge on any atom is -0.423 e. The molecule has 0 saturated carbocycles. The van der Waals surface area contributed by atoms with Gasteiger partial charge in [-0.25, -0.2) is 8.78 Å². The molecule has 0 heterocycles. The Morgan fingerprint density at radius 1 is 0.583 bits per heavy atom. The Balaban J connectivity index is 2.07. The maximum Gasteiger partial charge on any atom is 0.488 e. The lowest BCUT2D eigenvalue weighted by Gasteiger charge is -2.25. The van der Waals surface area contributed by atoms with Crippen molar-refractivity contribution in [2.45, 2.75) is 0 Å². The molecule has 0 aliphatic carbocycles. The third-order valence-corrected chi connectivity index (χ3v) is 3.62. The average molecular weight is 325 g/mol. The van der Waals surface area contributed by atoms with Crippen LogP contribution in [0.4, 0.5) is 25.8 Å². The molecule has 0 amide bonds. The highest BCUT2D eigenvalue weighted by Gasteiger charge is 2.15. The molecule has 0 saturated heterocycles. The lowest BCUT2D eigenvalue weighted by Crippen LogP contribution is -2.29. The van der Waals surface area contributed by atoms with Gasteiger partial charge in [-0.3, -0.25) is 0 Å². The number of rotatable bonds is 4. The van der Waals surface area contributed by atoms with Crippen molar-refractivity contribution < 1.29 is 18.8 Å². The van der Waals surface area contributed by atoms with Crippen LogP contribution in [0.25, 0.3) is 0 Å². The molecule has 0 unspecified atom stereocenters. The van der Waals surface area contributed by atoms with Crippen molar-refractivity contribution in [2.75, 3.05) is 4.90 Å². The van der Waals surface area contributed by atoms with E-state index in [9.17, 15) is 18.8 Å². The van der Waals surface area contributed by atoms with E-state index in [1.54, 1.807) is 48.5 Å². The van der Waals surface area contributed by atoms with Crippen LogP contribution >= 0.6 is 0 Å². The smallest absolute Gasteiger partial charge is 0.423 e. The number of hydrogen-bond acceptors (Lipinski definition) is 3. The summed E-state index contributed by atoms with van der Waals surface area (Å²) < 4.78 is 26.5. The van der Waals surface area contributed by atoms with Gasteiger partial charge in [0.05, 0.1) is 0 Å². The normalized spacial score (nSPS) is 10.5. The van der Waals surface area contributed by atoms with Crippen molar-refractivity contribution in [3.63, 3.8) is 0 Å². The van der Waals surface area contributed by atoms with E-state index in [4.69, 9.17) is 0 Å². The quantitative estimate of drug-likeness (QED) is 0.725. The van der Waals surface area contributed by atoms with Crippen molar-refractivity contribution in [2.24, 2.45) is 0 Å². The van der Waals surface area contributed by atoms with Gasteiger partial charge in [-0.1, -0.05) is 12.1 Å². The van der Waals surface area contributed by atoms with Gasteiger partial charge in [-0.2, -0.15) is 0 Å². The third-order valence-electron chi connectivity index (χ3n) is 3.62. The van der Waals surface area contributed by atoms with Gasteiger partial charge in [0.1, 0.15) is 11.6 Å². The molecule has 0 bridgehead atoms. The summed E-state index contributed by atoms with van der Waals surface area (Å²) in [5.41, 5.74) is 2.47. The molecule has 3 rings (SSSR count). The first-order valence-electron chi connectivity index (χ1n) is 7.32. The maximum absolute atomic E-state index is 13.2. The second kappa shape index (κ2) is 6.82. The lowest BCUT2D eigenvalue weighted by molar-refractivity contribution is 0.426. The summed E-state index contributed by atoms with van der Waals surface area (Å²) in [6.07, 6.45) is 0. The fourth-order valence-electron chi connectivity index (χ4n) is 2.42. The molecule has 0 aromatic heterocycles. The van der Waals surface area contributed by atoms with Crippen LogP contribution in [0.3, 0.4) is 0 Å². The van der Waals surface area contributed by atoms with Crippen molar-refractivity contribution in [3.8, 4) is 0 Å². The molecule has 0 aliphatic rings. The van der Waals surface area contributed by atoms with Crippen LogP contribution in [0.5, 0.6) is 0 Å². The Morgan fingerprint density at radius 2 is 0.917 bits per heavy atom. The first-order chi connectivity index (χ1) is 11.5. The molecule has 0 fully saturated rings. The predicted octanol–water partition coefficient (Wildman–Crippen LogP) is 3.11. The predicted molar refractivity (Wildman–Crippen MR) is 90.9 cm³/mol. The van der Waals surface area contributed by atoms with Crippen LogP contribution in [-0.4, -0.2) is 17.2 Å². The molecule has 0 aliphatic heterocycles. The van der Waals surface area contributed by atoms with Crippen molar-refractivity contribution in [3.05, 3.63) is 84.4 Å². The van der Waals surface area contributed by atoms with E-state index in [0.717, 1.165) is 5.69 Å². The fraction of sp³-hybridized carbons (Fsp3) is 0. The van der Waals surface area contributed by atoms with Crippen molar-refractivity contribution in [1.82, 2.24) is 0 Å². The fourth-order valence-corrected chi connectivity index (χ4v) is 2.42. The monoisotopic (exact) mass is 325 g/mol. The van der Waals surface area contributed by atoms with Crippen molar-refractivity contribution >= 4 is 29.6 Å². The highest BCUT2D eigenvalue weighted by molar-refractivity contribution is 6.58. The summed E-state index contributed by atoms with van der Waals surface area (Å²) in [6, 6.07) is 18.4. The topological polar surface area (TPSA) is 43.7 Å². The standard InChI is InChI=1S/C18H14BF2NO2/c20-14-3-9-17(10-4-14)22(18-11-5-15(21)6-12-18)16-7-1-13(2-8-16)19(23)24/h1-12,23-24H. The number of benzene rings is 3. The zero-order chi connectivity index (χ0) is 17.1. The summed E-state index contributed by atoms with van der Waals surface area (Å²) >= 11 is 0. The third kappa shape index (κ3) is 3.45. The summed E-state index contributed by atoms with van der Waals surface area (Å²) in [7, 11) is -1.55. The van der Waals surface area contributed by atoms with Crippen LogP contribution in [0.15, 0.2) is 72.8 Å². The summed E-state index contributed by atoms with van der Waals surface area (Å²) in [5, 5.41) is 18.4. The number of halogens is 2. The Labute approximate surface area is 138 Å². The van der Waals surface area contributed by atoms with Crippen LogP contribution in [0.1, 0.15) is 0 Å². The lowest BCUT2D eigenvalue weighted by atomic mass is 9.80. The molecule has 0 radical (unpaired) electrons. The van der Waals surface area contributed by atoms with Crippen LogP contribution < -0.4 is 10.4 Å². The van der Waals surface area contributed by atoms with E-state index >= 15 is 0 Å². The van der Waals surface area contributed by atoms with Gasteiger partial charge in [0.2, 0.25) is 0 Å². The van der Waals surface area contributed by atoms with Crippen LogP contribution in [-0.2, 0) is 0 Å². The molecule has 2 N–H and O–H groups in total. The number of nitrogens with zero attached hydrogens (tertiary/aromatic N) is 1. The molecule has 3 nitrogen and oxygen atoms in total. The Bertz CT molecular complexity index is 760. The van der Waals surface area contributed by atoms with E-state index < -0.39 is 7.12 Å². The number of anilines is 3. The van der Waals surface area contributed by atoms with E-state index in [1.165, 1.54) is 24.3 Å². The van der Waals surface area contributed by atoms with Gasteiger partial charge >= 0.3 is 7.12 Å². The molecule has 24 heavy (non-hydrogen) atoms. The SMILES string of the molecule is OB(O)c1ccc(N(c2ccc(F)cc2)c2ccc(F)cc2)cc1. The zero-order valence-electron chi connectivity index (χ0n) is 12.6. The van der Waals surface area contributed by atoms with Gasteiger partial charge in [0.15, 0.2) is 0 Å². The minimum atomic E-state index is -1.55. The molecule has 6 heteroatoms. The summed E-state index contributed by atoms with van der Waals surface area (Å²) in [5.74, 6) is -0.701. The van der Waals surface area contributed by atoms with Gasteiger partial charge in [-0.15, -0.1) is 0 Å². The molecule has 0 spiro atoms. The first-order valence-corrected chi connectivity index (χ1v) is 7.32. The second-order valence-corrected chi connectivity index (χ2v) is 5.25. The van der Waals surface area contributed by atoms with E-state index in [2.05, 4.69) is 0 Å². The molecule has 3 aromatic rings. The highest BCUT2D eigenvalue weighted by Crippen LogP contribution is 2.34. The van der Waals surface area contributed by atoms with Gasteiger partial charge in [0, 0.05) is 17.1 Å².